The van der Waals surface area contributed by atoms with Crippen LogP contribution in [-0.2, 0) is 61.6 Å². The lowest BCUT2D eigenvalue weighted by atomic mass is 9.98. The highest BCUT2D eigenvalue weighted by Crippen LogP contribution is 2.44. The van der Waals surface area contributed by atoms with E-state index in [9.17, 15) is 9.59 Å². The SMILES string of the molecule is O=Cc1ccc(OCCOCCOCCOCCOCCOCCOCCOCCOCCOCCOCCOCCOCCCNC(=O)OCC2c3ccccc3-c3ccccc32)cc1. The smallest absolute Gasteiger partial charge is 0.407 e. The molecule has 0 radical (unpaired) electrons. The molecule has 4 rings (SSSR count). The van der Waals surface area contributed by atoms with E-state index in [0.717, 1.165) is 6.29 Å². The first-order chi connectivity index (χ1) is 32.8. The van der Waals surface area contributed by atoms with Crippen LogP contribution in [0.2, 0.25) is 0 Å². The topological polar surface area (TPSA) is 175 Å². The molecule has 0 heterocycles. The predicted octanol–water partition coefficient (Wildman–Crippen LogP) is 5.01. The fraction of sp³-hybridized carbons (Fsp3) is 0.592. The molecule has 1 aliphatic rings. The summed E-state index contributed by atoms with van der Waals surface area (Å²) < 4.78 is 77.3. The molecule has 0 saturated carbocycles. The Morgan fingerprint density at radius 3 is 1.12 bits per heavy atom. The van der Waals surface area contributed by atoms with E-state index in [2.05, 4.69) is 29.6 Å². The minimum Gasteiger partial charge on any atom is -0.491 e. The molecule has 0 aromatic heterocycles. The Hall–Kier alpha value is -4.08. The Balaban J connectivity index is 0.749. The van der Waals surface area contributed by atoms with Gasteiger partial charge >= 0.3 is 6.09 Å². The third kappa shape index (κ3) is 25.2. The van der Waals surface area contributed by atoms with Crippen LogP contribution in [0.4, 0.5) is 4.79 Å². The van der Waals surface area contributed by atoms with E-state index in [-0.39, 0.29) is 5.92 Å². The molecule has 3 aromatic carbocycles. The first kappa shape index (κ1) is 54.5. The van der Waals surface area contributed by atoms with Crippen molar-refractivity contribution in [2.75, 3.05) is 178 Å². The van der Waals surface area contributed by atoms with Crippen molar-refractivity contribution in [2.24, 2.45) is 0 Å². The second kappa shape index (κ2) is 37.9. The largest absolute Gasteiger partial charge is 0.491 e. The fourth-order valence-electron chi connectivity index (χ4n) is 6.40. The Morgan fingerprint density at radius 1 is 0.424 bits per heavy atom. The van der Waals surface area contributed by atoms with E-state index in [1.165, 1.54) is 22.3 Å². The van der Waals surface area contributed by atoms with Crippen LogP contribution in [0.1, 0.15) is 33.8 Å². The predicted molar refractivity (Wildman–Crippen MR) is 245 cm³/mol. The average molecular weight is 930 g/mol. The van der Waals surface area contributed by atoms with Crippen molar-refractivity contribution in [3.05, 3.63) is 89.5 Å². The van der Waals surface area contributed by atoms with Gasteiger partial charge in [-0.1, -0.05) is 48.5 Å². The average Bonchev–Trinajstić information content (AvgIpc) is 3.67. The third-order valence-electron chi connectivity index (χ3n) is 9.68. The molecule has 17 heteroatoms. The summed E-state index contributed by atoms with van der Waals surface area (Å²) in [6.45, 7) is 12.7. The van der Waals surface area contributed by atoms with Gasteiger partial charge in [-0.05, 0) is 52.9 Å². The fourth-order valence-corrected chi connectivity index (χ4v) is 6.40. The molecule has 3 aromatic rings. The Labute approximate surface area is 389 Å². The van der Waals surface area contributed by atoms with E-state index in [4.69, 9.17) is 66.3 Å². The van der Waals surface area contributed by atoms with Crippen LogP contribution in [0.5, 0.6) is 5.75 Å². The van der Waals surface area contributed by atoms with Gasteiger partial charge in [0.1, 0.15) is 25.2 Å². The van der Waals surface area contributed by atoms with E-state index in [1.54, 1.807) is 24.3 Å². The third-order valence-corrected chi connectivity index (χ3v) is 9.68. The molecule has 0 aliphatic heterocycles. The van der Waals surface area contributed by atoms with E-state index in [1.807, 2.05) is 24.3 Å². The molecular weight excluding hydrogens is 859 g/mol. The van der Waals surface area contributed by atoms with Crippen molar-refractivity contribution in [2.45, 2.75) is 12.3 Å². The molecule has 0 spiro atoms. The number of benzene rings is 3. The lowest BCUT2D eigenvalue weighted by Crippen LogP contribution is -2.27. The molecule has 1 aliphatic carbocycles. The summed E-state index contributed by atoms with van der Waals surface area (Å²) in [7, 11) is 0. The number of ether oxygens (including phenoxy) is 14. The maximum Gasteiger partial charge on any atom is 0.407 e. The van der Waals surface area contributed by atoms with Gasteiger partial charge in [0.2, 0.25) is 0 Å². The van der Waals surface area contributed by atoms with Crippen LogP contribution >= 0.6 is 0 Å². The van der Waals surface area contributed by atoms with Crippen molar-refractivity contribution in [1.82, 2.24) is 5.32 Å². The summed E-state index contributed by atoms with van der Waals surface area (Å²) in [5.41, 5.74) is 5.41. The van der Waals surface area contributed by atoms with Crippen molar-refractivity contribution in [3.8, 4) is 16.9 Å². The van der Waals surface area contributed by atoms with Crippen LogP contribution in [0.3, 0.4) is 0 Å². The van der Waals surface area contributed by atoms with Gasteiger partial charge in [-0.25, -0.2) is 4.79 Å². The zero-order chi connectivity index (χ0) is 46.2. The van der Waals surface area contributed by atoms with Gasteiger partial charge in [-0.15, -0.1) is 0 Å². The maximum atomic E-state index is 12.3. The van der Waals surface area contributed by atoms with E-state index in [0.29, 0.717) is 196 Å². The summed E-state index contributed by atoms with van der Waals surface area (Å²) in [4.78, 5) is 23.0. The minimum atomic E-state index is -0.419. The molecule has 0 unspecified atom stereocenters. The quantitative estimate of drug-likeness (QED) is 0.0592. The first-order valence-corrected chi connectivity index (χ1v) is 23.0. The van der Waals surface area contributed by atoms with Crippen molar-refractivity contribution in [1.29, 1.82) is 0 Å². The summed E-state index contributed by atoms with van der Waals surface area (Å²) in [6, 6.07) is 23.5. The Bertz CT molecular complexity index is 1600. The number of aldehydes is 1. The van der Waals surface area contributed by atoms with Crippen molar-refractivity contribution < 1.29 is 75.9 Å². The van der Waals surface area contributed by atoms with Crippen LogP contribution in [-0.4, -0.2) is 191 Å². The van der Waals surface area contributed by atoms with E-state index < -0.39 is 6.09 Å². The van der Waals surface area contributed by atoms with Gasteiger partial charge < -0.3 is 71.6 Å². The van der Waals surface area contributed by atoms with Gasteiger partial charge in [0.15, 0.2) is 0 Å². The van der Waals surface area contributed by atoms with Crippen LogP contribution in [0.25, 0.3) is 11.1 Å². The number of fused-ring (bicyclic) bond motifs is 3. The van der Waals surface area contributed by atoms with Gasteiger partial charge in [0, 0.05) is 24.6 Å². The van der Waals surface area contributed by atoms with Gasteiger partial charge in [-0.2, -0.15) is 0 Å². The molecule has 1 N–H and O–H groups in total. The molecule has 0 atom stereocenters. The lowest BCUT2D eigenvalue weighted by Gasteiger charge is -2.14. The van der Waals surface area contributed by atoms with Gasteiger partial charge in [0.05, 0.1) is 152 Å². The molecule has 66 heavy (non-hydrogen) atoms. The van der Waals surface area contributed by atoms with Crippen molar-refractivity contribution >= 4 is 12.4 Å². The number of hydrogen-bond acceptors (Lipinski definition) is 16. The van der Waals surface area contributed by atoms with Crippen molar-refractivity contribution in [3.63, 3.8) is 0 Å². The standard InChI is InChI=1S/C49H71NO16/c51-40-42-10-12-43(13-11-42)65-39-38-64-37-36-63-35-34-62-33-32-61-31-30-60-29-28-59-27-26-58-25-24-57-23-22-56-21-20-55-19-18-54-17-16-53-15-5-14-50-49(52)66-41-48-46-8-3-1-6-44(46)45-7-2-4-9-47(45)48/h1-4,6-13,40,48H,5,14-39,41H2,(H,50,52). The van der Waals surface area contributed by atoms with Crippen LogP contribution < -0.4 is 10.1 Å². The Morgan fingerprint density at radius 2 is 0.758 bits per heavy atom. The number of rotatable bonds is 44. The zero-order valence-electron chi connectivity index (χ0n) is 38.4. The molecule has 0 saturated heterocycles. The number of nitrogens with one attached hydrogen (secondary N) is 1. The number of alkyl carbamates (subject to hydrolysis) is 1. The lowest BCUT2D eigenvalue weighted by molar-refractivity contribution is -0.0285. The van der Waals surface area contributed by atoms with Gasteiger partial charge in [0.25, 0.3) is 0 Å². The molecule has 368 valence electrons. The normalized spacial score (nSPS) is 12.0. The molecule has 0 bridgehead atoms. The van der Waals surface area contributed by atoms with E-state index >= 15 is 0 Å². The van der Waals surface area contributed by atoms with Gasteiger partial charge in [-0.3, -0.25) is 4.79 Å². The molecule has 0 fully saturated rings. The number of amides is 1. The highest BCUT2D eigenvalue weighted by Gasteiger charge is 2.29. The zero-order valence-corrected chi connectivity index (χ0v) is 38.4. The number of carbonyl (C=O) groups excluding carboxylic acids is 2. The highest BCUT2D eigenvalue weighted by atomic mass is 16.6. The summed E-state index contributed by atoms with van der Waals surface area (Å²) in [5.74, 6) is 0.743. The molecule has 17 nitrogen and oxygen atoms in total. The summed E-state index contributed by atoms with van der Waals surface area (Å²) in [5, 5.41) is 2.81. The second-order valence-corrected chi connectivity index (χ2v) is 14.5. The molecular formula is C49H71NO16. The Kier molecular flexibility index (Phi) is 31.4. The van der Waals surface area contributed by atoms with Crippen LogP contribution in [0.15, 0.2) is 72.8 Å². The maximum absolute atomic E-state index is 12.3. The summed E-state index contributed by atoms with van der Waals surface area (Å²) in [6.07, 6.45) is 1.06. The highest BCUT2D eigenvalue weighted by molar-refractivity contribution is 5.79. The minimum absolute atomic E-state index is 0.0440. The molecule has 1 amide bonds. The van der Waals surface area contributed by atoms with Crippen LogP contribution in [0, 0.1) is 0 Å². The second-order valence-electron chi connectivity index (χ2n) is 14.5. The summed E-state index contributed by atoms with van der Waals surface area (Å²) >= 11 is 0. The number of hydrogen-bond donors (Lipinski definition) is 1. The monoisotopic (exact) mass is 929 g/mol. The number of carbonyl (C=O) groups is 2. The first-order valence-electron chi connectivity index (χ1n) is 23.0.